The van der Waals surface area contributed by atoms with Crippen LogP contribution >= 0.6 is 31.9 Å². The zero-order valence-electron chi connectivity index (χ0n) is 22.0. The molecule has 0 atom stereocenters. The number of ether oxygens (including phenoxy) is 2. The van der Waals surface area contributed by atoms with Crippen molar-refractivity contribution in [3.05, 3.63) is 88.4 Å². The van der Waals surface area contributed by atoms with Crippen LogP contribution in [0.4, 0.5) is 0 Å². The summed E-state index contributed by atoms with van der Waals surface area (Å²) < 4.78 is 11.6. The van der Waals surface area contributed by atoms with Crippen LogP contribution in [0, 0.1) is 7.43 Å². The van der Waals surface area contributed by atoms with E-state index in [1.54, 1.807) is 19.9 Å². The summed E-state index contributed by atoms with van der Waals surface area (Å²) in [5.74, 6) is -0.417. The van der Waals surface area contributed by atoms with Gasteiger partial charge < -0.3 is 39.0 Å². The molecule has 1 fully saturated rings. The Morgan fingerprint density at radius 1 is 0.895 bits per heavy atom. The van der Waals surface area contributed by atoms with Gasteiger partial charge >= 0.3 is 29.0 Å². The summed E-state index contributed by atoms with van der Waals surface area (Å²) in [6, 6.07) is 18.9. The molecule has 1 aliphatic rings. The average molecular weight is 724 g/mol. The summed E-state index contributed by atoms with van der Waals surface area (Å²) in [4.78, 5) is 19.8. The van der Waals surface area contributed by atoms with Gasteiger partial charge in [-0.3, -0.25) is 0 Å². The first-order chi connectivity index (χ1) is 16.7. The van der Waals surface area contributed by atoms with Gasteiger partial charge in [-0.05, 0) is 75.2 Å². The van der Waals surface area contributed by atoms with Crippen LogP contribution in [0.2, 0.25) is 0 Å². The Bertz CT molecular complexity index is 1300. The number of rotatable bonds is 2. The molecule has 0 radical (unpaired) electrons. The Labute approximate surface area is 268 Å². The van der Waals surface area contributed by atoms with Crippen molar-refractivity contribution in [3.8, 4) is 0 Å². The first-order valence-electron chi connectivity index (χ1n) is 11.2. The first kappa shape index (κ1) is 36.9. The smallest absolute Gasteiger partial charge is 1.00 e. The van der Waals surface area contributed by atoms with Gasteiger partial charge in [-0.25, -0.2) is 14.8 Å². The minimum absolute atomic E-state index is 0. The maximum Gasteiger partial charge on any atom is 2.00 e. The second-order valence-corrected chi connectivity index (χ2v) is 10.3. The molecule has 0 amide bonds. The standard InChI is InChI=1S/C12H12BrNO.C11H8BrNO2.C4H8O.CH3.BrH.Mg/c1-12(2,15)11-6-3-8-7-9(13)4-5-10(8)14-11;1-15-11(14)10-4-2-7-6-8(12)3-5-9(7)13-10;1-2-4-5-3-1;;;/h3-7,15H,1-2H3;2-6H,1H3;1-4H2;1H3;1H;/q;;;-1;;+2/p-1. The number of carbonyl (C=O) groups excluding carboxylic acids is 1. The third kappa shape index (κ3) is 11.2. The van der Waals surface area contributed by atoms with E-state index >= 15 is 0 Å². The molecule has 0 unspecified atom stereocenters. The minimum Gasteiger partial charge on any atom is -1.00 e. The van der Waals surface area contributed by atoms with E-state index in [-0.39, 0.29) is 47.5 Å². The van der Waals surface area contributed by atoms with Crippen molar-refractivity contribution in [1.29, 1.82) is 0 Å². The van der Waals surface area contributed by atoms with E-state index in [1.807, 2.05) is 54.6 Å². The molecule has 0 aliphatic carbocycles. The van der Waals surface area contributed by atoms with E-state index in [0.29, 0.717) is 11.4 Å². The molecule has 0 saturated carbocycles. The summed E-state index contributed by atoms with van der Waals surface area (Å²) in [5, 5.41) is 11.9. The largest absolute Gasteiger partial charge is 2.00 e. The molecule has 38 heavy (non-hydrogen) atoms. The zero-order valence-corrected chi connectivity index (χ0v) is 28.2. The Kier molecular flexibility index (Phi) is 17.0. The third-order valence-electron chi connectivity index (χ3n) is 5.15. The SMILES string of the molecule is C1CCOC1.CC(C)(O)c1ccc2cc(Br)ccc2n1.COC(=O)c1ccc2cc(Br)ccc2n1.[Br-].[CH3-].[Mg+2]. The molecule has 1 N–H and O–H groups in total. The van der Waals surface area contributed by atoms with E-state index in [4.69, 9.17) is 4.74 Å². The van der Waals surface area contributed by atoms with Crippen LogP contribution in [0.25, 0.3) is 21.8 Å². The number of aromatic nitrogens is 2. The molecule has 2 aromatic heterocycles. The second kappa shape index (κ2) is 17.5. The maximum atomic E-state index is 11.2. The quantitative estimate of drug-likeness (QED) is 0.192. The normalized spacial score (nSPS) is 11.9. The number of methoxy groups -OCH3 is 1. The van der Waals surface area contributed by atoms with Crippen LogP contribution in [0.15, 0.2) is 69.6 Å². The Morgan fingerprint density at radius 3 is 1.84 bits per heavy atom. The monoisotopic (exact) mass is 720 g/mol. The molecule has 10 heteroatoms. The van der Waals surface area contributed by atoms with Gasteiger partial charge in [-0.1, -0.05) is 44.0 Å². The number of benzene rings is 2. The number of hydrogen-bond donors (Lipinski definition) is 1. The predicted molar refractivity (Wildman–Crippen MR) is 158 cm³/mol. The van der Waals surface area contributed by atoms with Crippen LogP contribution in [0.5, 0.6) is 0 Å². The summed E-state index contributed by atoms with van der Waals surface area (Å²) in [6.07, 6.45) is 2.56. The number of fused-ring (bicyclic) bond motifs is 2. The molecule has 1 saturated heterocycles. The molecule has 4 aromatic rings. The van der Waals surface area contributed by atoms with E-state index in [2.05, 4.69) is 46.6 Å². The van der Waals surface area contributed by atoms with E-state index in [0.717, 1.165) is 44.0 Å². The molecule has 0 bridgehead atoms. The van der Waals surface area contributed by atoms with Crippen LogP contribution < -0.4 is 17.0 Å². The van der Waals surface area contributed by atoms with Gasteiger partial charge in [-0.15, -0.1) is 0 Å². The molecule has 0 spiro atoms. The van der Waals surface area contributed by atoms with Crippen molar-refractivity contribution >= 4 is 82.7 Å². The summed E-state index contributed by atoms with van der Waals surface area (Å²) in [6.45, 7) is 5.47. The molecule has 3 heterocycles. The molecular formula is C28H31Br3MgN2O4. The molecule has 2 aromatic carbocycles. The fraction of sp³-hybridized carbons (Fsp3) is 0.286. The summed E-state index contributed by atoms with van der Waals surface area (Å²) in [7, 11) is 1.34. The Morgan fingerprint density at radius 2 is 1.39 bits per heavy atom. The van der Waals surface area contributed by atoms with Crippen molar-refractivity contribution < 1.29 is 36.4 Å². The van der Waals surface area contributed by atoms with Crippen molar-refractivity contribution in [3.63, 3.8) is 0 Å². The van der Waals surface area contributed by atoms with Gasteiger partial charge in [0.15, 0.2) is 0 Å². The first-order valence-corrected chi connectivity index (χ1v) is 12.8. The molecule has 200 valence electrons. The van der Waals surface area contributed by atoms with Gasteiger partial charge in [0.1, 0.15) is 11.3 Å². The number of carbonyl (C=O) groups is 1. The van der Waals surface area contributed by atoms with Crippen LogP contribution in [-0.4, -0.2) is 64.4 Å². The maximum absolute atomic E-state index is 11.2. The number of aliphatic hydroxyl groups is 1. The van der Waals surface area contributed by atoms with Crippen molar-refractivity contribution in [1.82, 2.24) is 9.97 Å². The van der Waals surface area contributed by atoms with E-state index in [9.17, 15) is 9.90 Å². The number of pyridine rings is 2. The molecule has 6 nitrogen and oxygen atoms in total. The van der Waals surface area contributed by atoms with Gasteiger partial charge in [-0.2, -0.15) is 0 Å². The van der Waals surface area contributed by atoms with E-state index in [1.165, 1.54) is 20.0 Å². The fourth-order valence-corrected chi connectivity index (χ4v) is 4.02. The Balaban J connectivity index is 0.000000571. The van der Waals surface area contributed by atoms with Crippen LogP contribution in [-0.2, 0) is 15.1 Å². The fourth-order valence-electron chi connectivity index (χ4n) is 3.26. The predicted octanol–water partition coefficient (Wildman–Crippen LogP) is 3.88. The zero-order chi connectivity index (χ0) is 25.4. The van der Waals surface area contributed by atoms with Crippen molar-refractivity contribution in [2.45, 2.75) is 32.3 Å². The molecular weight excluding hydrogens is 692 g/mol. The van der Waals surface area contributed by atoms with Crippen molar-refractivity contribution in [2.24, 2.45) is 0 Å². The number of nitrogens with zero attached hydrogens (tertiary/aromatic N) is 2. The second-order valence-electron chi connectivity index (χ2n) is 8.44. The Hall–Kier alpha value is -1.14. The van der Waals surface area contributed by atoms with Gasteiger partial charge in [0, 0.05) is 32.9 Å². The molecule has 1 aliphatic heterocycles. The van der Waals surface area contributed by atoms with Crippen molar-refractivity contribution in [2.75, 3.05) is 20.3 Å². The van der Waals surface area contributed by atoms with E-state index < -0.39 is 11.6 Å². The summed E-state index contributed by atoms with van der Waals surface area (Å²) in [5.41, 5.74) is 1.81. The van der Waals surface area contributed by atoms with Crippen LogP contribution in [0.3, 0.4) is 0 Å². The summed E-state index contributed by atoms with van der Waals surface area (Å²) >= 11 is 6.79. The average Bonchev–Trinajstić information content (AvgIpc) is 3.43. The van der Waals surface area contributed by atoms with Gasteiger partial charge in [0.25, 0.3) is 0 Å². The minimum atomic E-state index is -0.888. The van der Waals surface area contributed by atoms with Crippen LogP contribution in [0.1, 0.15) is 42.9 Å². The topological polar surface area (TPSA) is 81.5 Å². The third-order valence-corrected chi connectivity index (χ3v) is 6.14. The number of hydrogen-bond acceptors (Lipinski definition) is 6. The number of halogens is 3. The van der Waals surface area contributed by atoms with Gasteiger partial charge in [0.05, 0.1) is 23.8 Å². The molecule has 5 rings (SSSR count). The number of esters is 1. The van der Waals surface area contributed by atoms with Gasteiger partial charge in [0.2, 0.25) is 0 Å².